The van der Waals surface area contributed by atoms with Crippen LogP contribution in [0.5, 0.6) is 0 Å². The van der Waals surface area contributed by atoms with Crippen molar-refractivity contribution >= 4 is 39.9 Å². The van der Waals surface area contributed by atoms with Gasteiger partial charge in [-0.2, -0.15) is 0 Å². The summed E-state index contributed by atoms with van der Waals surface area (Å²) in [4.78, 5) is 14.1. The topological polar surface area (TPSA) is 20.3 Å². The number of fused-ring (bicyclic) bond motifs is 2. The van der Waals surface area contributed by atoms with E-state index in [0.717, 1.165) is 10.9 Å². The lowest BCUT2D eigenvalue weighted by Gasteiger charge is -2.35. The average Bonchev–Trinajstić information content (AvgIpc) is 2.65. The zero-order chi connectivity index (χ0) is 17.4. The number of rotatable bonds is 2. The van der Waals surface area contributed by atoms with E-state index >= 15 is 0 Å². The van der Waals surface area contributed by atoms with Crippen LogP contribution in [-0.2, 0) is 11.3 Å². The van der Waals surface area contributed by atoms with E-state index < -0.39 is 0 Å². The first-order chi connectivity index (χ1) is 12.2. The molecule has 0 aromatic heterocycles. The molecule has 0 fully saturated rings. The van der Waals surface area contributed by atoms with Crippen LogP contribution in [0, 0.1) is 0 Å². The minimum Gasteiger partial charge on any atom is -0.336 e. The first-order valence-corrected chi connectivity index (χ1v) is 9.18. The van der Waals surface area contributed by atoms with Gasteiger partial charge in [0.25, 0.3) is 0 Å². The SMILES string of the molecule is O=C(CCl)N1Cc2ccccc2[C@H](c2cc(Cl)cc3ccccc23)C1. The Kier molecular flexibility index (Phi) is 4.41. The maximum Gasteiger partial charge on any atom is 0.237 e. The Hall–Kier alpha value is -2.03. The summed E-state index contributed by atoms with van der Waals surface area (Å²) in [6.07, 6.45) is 0. The van der Waals surface area contributed by atoms with Crippen molar-refractivity contribution in [1.29, 1.82) is 0 Å². The van der Waals surface area contributed by atoms with Crippen LogP contribution < -0.4 is 0 Å². The summed E-state index contributed by atoms with van der Waals surface area (Å²) in [7, 11) is 0. The van der Waals surface area contributed by atoms with Gasteiger partial charge in [-0.3, -0.25) is 4.79 Å². The van der Waals surface area contributed by atoms with Gasteiger partial charge in [0.15, 0.2) is 0 Å². The number of carbonyl (C=O) groups excluding carboxylic acids is 1. The van der Waals surface area contributed by atoms with Crippen LogP contribution >= 0.6 is 23.2 Å². The summed E-state index contributed by atoms with van der Waals surface area (Å²) in [5, 5.41) is 3.00. The van der Waals surface area contributed by atoms with Gasteiger partial charge in [0.1, 0.15) is 5.88 Å². The molecule has 0 aliphatic carbocycles. The molecule has 3 aromatic carbocycles. The molecule has 2 nitrogen and oxygen atoms in total. The van der Waals surface area contributed by atoms with Gasteiger partial charge in [0.2, 0.25) is 5.91 Å². The fraction of sp³-hybridized carbons (Fsp3) is 0.190. The van der Waals surface area contributed by atoms with Crippen molar-refractivity contribution in [3.63, 3.8) is 0 Å². The average molecular weight is 370 g/mol. The fourth-order valence-corrected chi connectivity index (χ4v) is 4.14. The van der Waals surface area contributed by atoms with Gasteiger partial charge < -0.3 is 4.90 Å². The van der Waals surface area contributed by atoms with E-state index in [1.165, 1.54) is 16.5 Å². The highest BCUT2D eigenvalue weighted by Gasteiger charge is 2.29. The van der Waals surface area contributed by atoms with Gasteiger partial charge in [-0.25, -0.2) is 0 Å². The number of carbonyl (C=O) groups is 1. The standard InChI is InChI=1S/C21H17Cl2NO/c22-11-21(25)24-12-15-6-2-4-8-18(15)20(13-24)19-10-16(23)9-14-5-1-3-7-17(14)19/h1-10,20H,11-13H2/t20-/m1/s1. The third kappa shape index (κ3) is 3.01. The number of benzene rings is 3. The molecule has 4 rings (SSSR count). The highest BCUT2D eigenvalue weighted by Crippen LogP contribution is 2.38. The molecular formula is C21H17Cl2NO. The summed E-state index contributed by atoms with van der Waals surface area (Å²) in [5.41, 5.74) is 3.58. The van der Waals surface area contributed by atoms with Crippen LogP contribution in [0.2, 0.25) is 5.02 Å². The zero-order valence-corrected chi connectivity index (χ0v) is 15.1. The third-order valence-electron chi connectivity index (χ3n) is 4.90. The Labute approximate surface area is 157 Å². The summed E-state index contributed by atoms with van der Waals surface area (Å²) >= 11 is 12.2. The number of alkyl halides is 1. The maximum atomic E-state index is 12.3. The van der Waals surface area contributed by atoms with Crippen molar-refractivity contribution in [2.24, 2.45) is 0 Å². The summed E-state index contributed by atoms with van der Waals surface area (Å²) in [6, 6.07) is 20.6. The molecule has 1 heterocycles. The lowest BCUT2D eigenvalue weighted by molar-refractivity contribution is -0.129. The van der Waals surface area contributed by atoms with Crippen LogP contribution in [0.3, 0.4) is 0 Å². The lowest BCUT2D eigenvalue weighted by Crippen LogP contribution is -2.39. The minimum atomic E-state index is -0.0347. The van der Waals surface area contributed by atoms with Crippen molar-refractivity contribution < 1.29 is 4.79 Å². The van der Waals surface area contributed by atoms with Crippen LogP contribution in [0.15, 0.2) is 60.7 Å². The van der Waals surface area contributed by atoms with Gasteiger partial charge in [0, 0.05) is 24.0 Å². The van der Waals surface area contributed by atoms with E-state index in [1.807, 2.05) is 35.2 Å². The molecule has 126 valence electrons. The quantitative estimate of drug-likeness (QED) is 0.568. The Balaban J connectivity index is 1.91. The summed E-state index contributed by atoms with van der Waals surface area (Å²) in [6.45, 7) is 1.23. The van der Waals surface area contributed by atoms with Crippen molar-refractivity contribution in [2.45, 2.75) is 12.5 Å². The zero-order valence-electron chi connectivity index (χ0n) is 13.6. The van der Waals surface area contributed by atoms with Crippen molar-refractivity contribution in [3.05, 3.63) is 82.4 Å². The predicted molar refractivity (Wildman–Crippen MR) is 103 cm³/mol. The molecule has 1 atom stereocenters. The molecule has 1 amide bonds. The second-order valence-corrected chi connectivity index (χ2v) is 7.08. The van der Waals surface area contributed by atoms with Crippen molar-refractivity contribution in [1.82, 2.24) is 4.90 Å². The van der Waals surface area contributed by atoms with Crippen molar-refractivity contribution in [3.8, 4) is 0 Å². The second-order valence-electron chi connectivity index (χ2n) is 6.38. The van der Waals surface area contributed by atoms with E-state index in [-0.39, 0.29) is 17.7 Å². The number of hydrogen-bond acceptors (Lipinski definition) is 1. The first kappa shape index (κ1) is 16.4. The maximum absolute atomic E-state index is 12.3. The van der Waals surface area contributed by atoms with E-state index in [0.29, 0.717) is 18.1 Å². The monoisotopic (exact) mass is 369 g/mol. The fourth-order valence-electron chi connectivity index (χ4n) is 3.74. The Morgan fingerprint density at radius 2 is 1.80 bits per heavy atom. The molecule has 0 saturated carbocycles. The molecule has 0 spiro atoms. The number of halogens is 2. The number of hydrogen-bond donors (Lipinski definition) is 0. The van der Waals surface area contributed by atoms with Gasteiger partial charge >= 0.3 is 0 Å². The smallest absolute Gasteiger partial charge is 0.237 e. The Bertz CT molecular complexity index is 954. The lowest BCUT2D eigenvalue weighted by atomic mass is 9.82. The van der Waals surface area contributed by atoms with Gasteiger partial charge in [0.05, 0.1) is 0 Å². The molecule has 25 heavy (non-hydrogen) atoms. The normalized spacial score (nSPS) is 16.7. The summed E-state index contributed by atoms with van der Waals surface area (Å²) in [5.74, 6) is 0.0544. The molecule has 0 N–H and O–H groups in total. The van der Waals surface area contributed by atoms with Crippen LogP contribution in [0.25, 0.3) is 10.8 Å². The van der Waals surface area contributed by atoms with E-state index in [1.54, 1.807) is 0 Å². The minimum absolute atomic E-state index is 0.00514. The number of nitrogens with zero attached hydrogens (tertiary/aromatic N) is 1. The van der Waals surface area contributed by atoms with Gasteiger partial charge in [-0.05, 0) is 39.6 Å². The molecule has 0 radical (unpaired) electrons. The van der Waals surface area contributed by atoms with Crippen molar-refractivity contribution in [2.75, 3.05) is 12.4 Å². The summed E-state index contributed by atoms with van der Waals surface area (Å²) < 4.78 is 0. The highest BCUT2D eigenvalue weighted by molar-refractivity contribution is 6.31. The second kappa shape index (κ2) is 6.70. The number of amides is 1. The molecule has 4 heteroatoms. The van der Waals surface area contributed by atoms with Gasteiger partial charge in [-0.15, -0.1) is 11.6 Å². The first-order valence-electron chi connectivity index (χ1n) is 8.27. The molecule has 0 bridgehead atoms. The van der Waals surface area contributed by atoms with Crippen LogP contribution in [-0.4, -0.2) is 23.2 Å². The third-order valence-corrected chi connectivity index (χ3v) is 5.34. The van der Waals surface area contributed by atoms with E-state index in [4.69, 9.17) is 23.2 Å². The van der Waals surface area contributed by atoms with Gasteiger partial charge in [-0.1, -0.05) is 60.1 Å². The Morgan fingerprint density at radius 1 is 1.04 bits per heavy atom. The van der Waals surface area contributed by atoms with Crippen LogP contribution in [0.1, 0.15) is 22.6 Å². The Morgan fingerprint density at radius 3 is 2.64 bits per heavy atom. The molecular weight excluding hydrogens is 353 g/mol. The molecule has 0 unspecified atom stereocenters. The van der Waals surface area contributed by atoms with E-state index in [9.17, 15) is 4.79 Å². The van der Waals surface area contributed by atoms with Crippen LogP contribution in [0.4, 0.5) is 0 Å². The molecule has 1 aliphatic rings. The molecule has 3 aromatic rings. The molecule has 0 saturated heterocycles. The highest BCUT2D eigenvalue weighted by atomic mass is 35.5. The molecule has 1 aliphatic heterocycles. The largest absolute Gasteiger partial charge is 0.336 e. The van der Waals surface area contributed by atoms with E-state index in [2.05, 4.69) is 30.3 Å². The predicted octanol–water partition coefficient (Wildman–Crippen LogP) is 5.21.